The second-order valence-corrected chi connectivity index (χ2v) is 6.36. The molecule has 0 amide bonds. The Morgan fingerprint density at radius 2 is 2.05 bits per heavy atom. The lowest BCUT2D eigenvalue weighted by atomic mass is 10.0. The van der Waals surface area contributed by atoms with Crippen LogP contribution in [0, 0.1) is 17.6 Å². The Hall–Kier alpha value is -1.10. The minimum Gasteiger partial charge on any atom is -0.328 e. The fourth-order valence-electron chi connectivity index (χ4n) is 3.40. The van der Waals surface area contributed by atoms with Crippen molar-refractivity contribution in [1.82, 2.24) is 19.3 Å². The zero-order valence-corrected chi connectivity index (χ0v) is 12.8. The van der Waals surface area contributed by atoms with E-state index in [4.69, 9.17) is 12.2 Å². The number of H-pyrrole nitrogens is 1. The summed E-state index contributed by atoms with van der Waals surface area (Å²) in [4.78, 5) is 3.34. The quantitative estimate of drug-likeness (QED) is 0.635. The van der Waals surface area contributed by atoms with Gasteiger partial charge in [-0.15, -0.1) is 0 Å². The summed E-state index contributed by atoms with van der Waals surface area (Å²) in [6.45, 7) is 4.40. The van der Waals surface area contributed by atoms with E-state index >= 15 is 0 Å². The third-order valence-corrected chi connectivity index (χ3v) is 4.76. The Labute approximate surface area is 118 Å². The number of nitrogens with zero attached hydrogens (tertiary/aromatic N) is 3. The molecule has 0 radical (unpaired) electrons. The second-order valence-electron chi connectivity index (χ2n) is 5.98. The van der Waals surface area contributed by atoms with Crippen LogP contribution in [0.2, 0.25) is 0 Å². The number of hydrogen-bond acceptors (Lipinski definition) is 2. The molecule has 2 heterocycles. The molecule has 104 valence electrons. The van der Waals surface area contributed by atoms with Gasteiger partial charge in [-0.1, -0.05) is 19.8 Å². The van der Waals surface area contributed by atoms with Gasteiger partial charge in [0, 0.05) is 13.1 Å². The van der Waals surface area contributed by atoms with Crippen molar-refractivity contribution in [3.8, 4) is 0 Å². The Morgan fingerprint density at radius 1 is 1.26 bits per heavy atom. The predicted octanol–water partition coefficient (Wildman–Crippen LogP) is 3.88. The smallest absolute Gasteiger partial charge is 0.179 e. The van der Waals surface area contributed by atoms with Crippen molar-refractivity contribution >= 4 is 23.4 Å². The zero-order chi connectivity index (χ0) is 13.6. The van der Waals surface area contributed by atoms with E-state index in [2.05, 4.69) is 21.6 Å². The van der Waals surface area contributed by atoms with E-state index in [1.54, 1.807) is 0 Å². The normalized spacial score (nSPS) is 24.8. The monoisotopic (exact) mass is 278 g/mol. The summed E-state index contributed by atoms with van der Waals surface area (Å²) in [7, 11) is 2.01. The van der Waals surface area contributed by atoms with Gasteiger partial charge in [-0.2, -0.15) is 5.10 Å². The number of imidazole rings is 1. The van der Waals surface area contributed by atoms with Crippen molar-refractivity contribution in [2.45, 2.75) is 52.0 Å². The van der Waals surface area contributed by atoms with Crippen LogP contribution in [0.5, 0.6) is 0 Å². The number of fused-ring (bicyclic) bond motifs is 1. The van der Waals surface area contributed by atoms with E-state index in [9.17, 15) is 0 Å². The highest BCUT2D eigenvalue weighted by atomic mass is 32.1. The standard InChI is InChI=1S/C14H22N4S/c1-9-5-4-6-11(8-7-9)18-13-12(15-14(18)19)10(2)16-17(13)3/h9,11H,4-8H2,1-3H3,(H,15,19). The van der Waals surface area contributed by atoms with Gasteiger partial charge in [0.25, 0.3) is 0 Å². The Bertz CT molecular complexity index is 648. The molecule has 2 unspecified atom stereocenters. The Kier molecular flexibility index (Phi) is 3.25. The highest BCUT2D eigenvalue weighted by Gasteiger charge is 2.22. The number of rotatable bonds is 1. The maximum atomic E-state index is 5.55. The maximum Gasteiger partial charge on any atom is 0.179 e. The summed E-state index contributed by atoms with van der Waals surface area (Å²) in [5, 5.41) is 4.50. The van der Waals surface area contributed by atoms with Crippen LogP contribution in [0.4, 0.5) is 0 Å². The molecule has 19 heavy (non-hydrogen) atoms. The van der Waals surface area contributed by atoms with Crippen molar-refractivity contribution in [2.24, 2.45) is 13.0 Å². The summed E-state index contributed by atoms with van der Waals surface area (Å²) in [6, 6.07) is 0.529. The van der Waals surface area contributed by atoms with Crippen LogP contribution in [0.3, 0.4) is 0 Å². The van der Waals surface area contributed by atoms with Gasteiger partial charge >= 0.3 is 0 Å². The molecule has 2 atom stereocenters. The molecule has 4 nitrogen and oxygen atoms in total. The SMILES string of the molecule is Cc1nn(C)c2c1[nH]c(=S)n2C1CCCC(C)CC1. The number of nitrogens with one attached hydrogen (secondary N) is 1. The van der Waals surface area contributed by atoms with E-state index in [-0.39, 0.29) is 0 Å². The van der Waals surface area contributed by atoms with Crippen molar-refractivity contribution in [2.75, 3.05) is 0 Å². The van der Waals surface area contributed by atoms with Gasteiger partial charge in [-0.3, -0.25) is 9.25 Å². The minimum absolute atomic E-state index is 0.529. The topological polar surface area (TPSA) is 38.5 Å². The van der Waals surface area contributed by atoms with Crippen molar-refractivity contribution in [3.05, 3.63) is 10.5 Å². The van der Waals surface area contributed by atoms with E-state index < -0.39 is 0 Å². The molecule has 2 aromatic heterocycles. The molecule has 1 fully saturated rings. The first-order valence-corrected chi connectivity index (χ1v) is 7.62. The summed E-state index contributed by atoms with van der Waals surface area (Å²) in [5.41, 5.74) is 3.29. The number of hydrogen-bond donors (Lipinski definition) is 1. The van der Waals surface area contributed by atoms with Gasteiger partial charge < -0.3 is 4.98 Å². The van der Waals surface area contributed by atoms with Crippen molar-refractivity contribution in [3.63, 3.8) is 0 Å². The van der Waals surface area contributed by atoms with Crippen LogP contribution in [0.15, 0.2) is 0 Å². The molecular weight excluding hydrogens is 256 g/mol. The molecule has 1 aliphatic carbocycles. The van der Waals surface area contributed by atoms with Gasteiger partial charge in [0.05, 0.1) is 5.69 Å². The Balaban J connectivity index is 2.09. The average molecular weight is 278 g/mol. The lowest BCUT2D eigenvalue weighted by molar-refractivity contribution is 0.432. The highest BCUT2D eigenvalue weighted by molar-refractivity contribution is 7.71. The van der Waals surface area contributed by atoms with Gasteiger partial charge in [-0.25, -0.2) is 0 Å². The second kappa shape index (κ2) is 4.78. The fraction of sp³-hybridized carbons (Fsp3) is 0.714. The van der Waals surface area contributed by atoms with Crippen LogP contribution < -0.4 is 0 Å². The average Bonchev–Trinajstić information content (AvgIpc) is 2.72. The molecule has 1 saturated carbocycles. The van der Waals surface area contributed by atoms with Crippen molar-refractivity contribution in [1.29, 1.82) is 0 Å². The van der Waals surface area contributed by atoms with Gasteiger partial charge in [0.1, 0.15) is 5.52 Å². The fourth-order valence-corrected chi connectivity index (χ4v) is 3.73. The molecule has 0 spiro atoms. The molecular formula is C14H22N4S. The molecule has 5 heteroatoms. The van der Waals surface area contributed by atoms with Gasteiger partial charge in [0.2, 0.25) is 0 Å². The van der Waals surface area contributed by atoms with Crippen LogP contribution in [-0.2, 0) is 7.05 Å². The van der Waals surface area contributed by atoms with Crippen LogP contribution in [-0.4, -0.2) is 19.3 Å². The molecule has 1 N–H and O–H groups in total. The molecule has 0 aromatic carbocycles. The molecule has 0 saturated heterocycles. The summed E-state index contributed by atoms with van der Waals surface area (Å²) >= 11 is 5.55. The first-order chi connectivity index (χ1) is 9.08. The van der Waals surface area contributed by atoms with E-state index in [0.717, 1.165) is 27.5 Å². The van der Waals surface area contributed by atoms with Crippen LogP contribution in [0.1, 0.15) is 50.8 Å². The maximum absolute atomic E-state index is 5.55. The molecule has 3 rings (SSSR count). The predicted molar refractivity (Wildman–Crippen MR) is 79.9 cm³/mol. The first kappa shape index (κ1) is 12.9. The molecule has 0 aliphatic heterocycles. The van der Waals surface area contributed by atoms with Crippen LogP contribution >= 0.6 is 12.2 Å². The highest BCUT2D eigenvalue weighted by Crippen LogP contribution is 2.33. The van der Waals surface area contributed by atoms with Gasteiger partial charge in [-0.05, 0) is 44.3 Å². The summed E-state index contributed by atoms with van der Waals surface area (Å²) in [5.74, 6) is 0.849. The third-order valence-electron chi connectivity index (χ3n) is 4.46. The Morgan fingerprint density at radius 3 is 2.84 bits per heavy atom. The van der Waals surface area contributed by atoms with E-state index in [1.165, 1.54) is 32.1 Å². The lowest BCUT2D eigenvalue weighted by Gasteiger charge is -2.17. The van der Waals surface area contributed by atoms with Crippen molar-refractivity contribution < 1.29 is 0 Å². The summed E-state index contributed by atoms with van der Waals surface area (Å²) in [6.07, 6.45) is 6.41. The van der Waals surface area contributed by atoms with Crippen LogP contribution in [0.25, 0.3) is 11.2 Å². The van der Waals surface area contributed by atoms with E-state index in [0.29, 0.717) is 6.04 Å². The molecule has 1 aliphatic rings. The lowest BCUT2D eigenvalue weighted by Crippen LogP contribution is -2.11. The molecule has 2 aromatic rings. The zero-order valence-electron chi connectivity index (χ0n) is 11.9. The number of aromatic amines is 1. The van der Waals surface area contributed by atoms with Gasteiger partial charge in [0.15, 0.2) is 10.4 Å². The first-order valence-electron chi connectivity index (χ1n) is 7.21. The molecule has 0 bridgehead atoms. The number of aryl methyl sites for hydroxylation is 2. The minimum atomic E-state index is 0.529. The van der Waals surface area contributed by atoms with E-state index in [1.807, 2.05) is 18.7 Å². The largest absolute Gasteiger partial charge is 0.328 e. The number of aromatic nitrogens is 4. The third kappa shape index (κ3) is 2.14. The summed E-state index contributed by atoms with van der Waals surface area (Å²) < 4.78 is 5.12.